The normalized spacial score (nSPS) is 14.1. The topological polar surface area (TPSA) is 46.1 Å². The van der Waals surface area contributed by atoms with Crippen molar-refractivity contribution >= 4 is 23.2 Å². The van der Waals surface area contributed by atoms with Gasteiger partial charge in [-0.3, -0.25) is 0 Å². The second-order valence-electron chi connectivity index (χ2n) is 6.31. The SMILES string of the molecule is CC(C)CCC[C@H](C)[NH2+]C[C@H](O)COc1cc(Cl)ccc1Cl. The van der Waals surface area contributed by atoms with Crippen molar-refractivity contribution < 1.29 is 15.2 Å². The molecule has 0 aliphatic heterocycles. The molecule has 0 unspecified atom stereocenters. The molecule has 0 aromatic heterocycles. The molecule has 0 aliphatic carbocycles. The van der Waals surface area contributed by atoms with Crippen molar-refractivity contribution in [3.05, 3.63) is 28.2 Å². The molecule has 1 rings (SSSR count). The molecule has 0 amide bonds. The van der Waals surface area contributed by atoms with Crippen molar-refractivity contribution in [3.63, 3.8) is 0 Å². The summed E-state index contributed by atoms with van der Waals surface area (Å²) in [5.74, 6) is 1.27. The van der Waals surface area contributed by atoms with Crippen molar-refractivity contribution in [2.45, 2.75) is 52.2 Å². The highest BCUT2D eigenvalue weighted by Crippen LogP contribution is 2.27. The number of nitrogens with two attached hydrogens (primary N) is 1. The monoisotopic (exact) mass is 348 g/mol. The molecule has 0 spiro atoms. The Morgan fingerprint density at radius 2 is 1.91 bits per heavy atom. The average Bonchev–Trinajstić information content (AvgIpc) is 2.45. The summed E-state index contributed by atoms with van der Waals surface area (Å²) in [6.45, 7) is 7.53. The second kappa shape index (κ2) is 10.3. The number of ether oxygens (including phenoxy) is 1. The van der Waals surface area contributed by atoms with E-state index in [9.17, 15) is 5.11 Å². The lowest BCUT2D eigenvalue weighted by Gasteiger charge is -2.16. The number of aliphatic hydroxyl groups excluding tert-OH is 1. The molecule has 0 radical (unpaired) electrons. The van der Waals surface area contributed by atoms with Gasteiger partial charge in [-0.15, -0.1) is 0 Å². The van der Waals surface area contributed by atoms with Crippen LogP contribution in [-0.4, -0.2) is 30.4 Å². The number of rotatable bonds is 10. The summed E-state index contributed by atoms with van der Waals surface area (Å²) in [5.41, 5.74) is 0. The smallest absolute Gasteiger partial charge is 0.139 e. The van der Waals surface area contributed by atoms with Gasteiger partial charge < -0.3 is 15.2 Å². The molecule has 2 atom stereocenters. The summed E-state index contributed by atoms with van der Waals surface area (Å²) >= 11 is 11.9. The van der Waals surface area contributed by atoms with Crippen molar-refractivity contribution in [1.29, 1.82) is 0 Å². The lowest BCUT2D eigenvalue weighted by molar-refractivity contribution is -0.692. The van der Waals surface area contributed by atoms with Gasteiger partial charge in [0, 0.05) is 11.1 Å². The zero-order valence-corrected chi connectivity index (χ0v) is 15.2. The van der Waals surface area contributed by atoms with E-state index in [1.165, 1.54) is 19.3 Å². The third kappa shape index (κ3) is 8.23. The van der Waals surface area contributed by atoms with Crippen LogP contribution in [0.2, 0.25) is 10.0 Å². The molecule has 0 bridgehead atoms. The summed E-state index contributed by atoms with van der Waals surface area (Å²) in [6, 6.07) is 5.58. The fourth-order valence-electron chi connectivity index (χ4n) is 2.20. The molecule has 3 nitrogen and oxygen atoms in total. The number of aliphatic hydroxyl groups is 1. The molecule has 0 heterocycles. The zero-order chi connectivity index (χ0) is 16.5. The molecule has 22 heavy (non-hydrogen) atoms. The Kier molecular flexibility index (Phi) is 9.18. The number of hydrogen-bond acceptors (Lipinski definition) is 2. The third-order valence-corrected chi connectivity index (χ3v) is 4.12. The molecule has 126 valence electrons. The van der Waals surface area contributed by atoms with Crippen LogP contribution >= 0.6 is 23.2 Å². The number of hydrogen-bond donors (Lipinski definition) is 2. The van der Waals surface area contributed by atoms with Gasteiger partial charge in [-0.25, -0.2) is 0 Å². The van der Waals surface area contributed by atoms with Gasteiger partial charge in [0.05, 0.1) is 11.1 Å². The van der Waals surface area contributed by atoms with Gasteiger partial charge in [0.15, 0.2) is 0 Å². The van der Waals surface area contributed by atoms with E-state index in [0.717, 1.165) is 5.92 Å². The summed E-state index contributed by atoms with van der Waals surface area (Å²) in [5, 5.41) is 13.2. The summed E-state index contributed by atoms with van der Waals surface area (Å²) in [4.78, 5) is 0. The fraction of sp³-hybridized carbons (Fsp3) is 0.647. The standard InChI is InChI=1S/C17H27Cl2NO2/c1-12(2)5-4-6-13(3)20-10-15(21)11-22-17-9-14(18)7-8-16(17)19/h7-9,12-13,15,20-21H,4-6,10-11H2,1-3H3/p+1/t13-,15-/m0/s1. The number of quaternary nitrogens is 1. The Labute approximate surface area is 144 Å². The van der Waals surface area contributed by atoms with E-state index in [1.54, 1.807) is 18.2 Å². The Morgan fingerprint density at radius 1 is 1.18 bits per heavy atom. The van der Waals surface area contributed by atoms with Crippen LogP contribution in [0.4, 0.5) is 0 Å². The van der Waals surface area contributed by atoms with E-state index >= 15 is 0 Å². The van der Waals surface area contributed by atoms with Crippen LogP contribution in [-0.2, 0) is 0 Å². The maximum atomic E-state index is 10.0. The Balaban J connectivity index is 2.23. The van der Waals surface area contributed by atoms with E-state index in [-0.39, 0.29) is 6.61 Å². The number of halogens is 2. The Bertz CT molecular complexity index is 441. The van der Waals surface area contributed by atoms with Crippen LogP contribution in [0.15, 0.2) is 18.2 Å². The van der Waals surface area contributed by atoms with Crippen molar-refractivity contribution in [2.75, 3.05) is 13.2 Å². The molecule has 0 aliphatic rings. The lowest BCUT2D eigenvalue weighted by Crippen LogP contribution is -2.91. The van der Waals surface area contributed by atoms with Crippen LogP contribution in [0.25, 0.3) is 0 Å². The van der Waals surface area contributed by atoms with Gasteiger partial charge >= 0.3 is 0 Å². The number of benzene rings is 1. The molecule has 1 aromatic rings. The van der Waals surface area contributed by atoms with E-state index in [4.69, 9.17) is 27.9 Å². The predicted molar refractivity (Wildman–Crippen MR) is 92.9 cm³/mol. The minimum atomic E-state index is -0.525. The first kappa shape index (κ1) is 19.6. The first-order valence-corrected chi connectivity index (χ1v) is 8.73. The zero-order valence-electron chi connectivity index (χ0n) is 13.7. The Morgan fingerprint density at radius 3 is 2.59 bits per heavy atom. The lowest BCUT2D eigenvalue weighted by atomic mass is 10.0. The maximum Gasteiger partial charge on any atom is 0.139 e. The minimum Gasteiger partial charge on any atom is -0.489 e. The van der Waals surface area contributed by atoms with Crippen LogP contribution < -0.4 is 10.1 Å². The van der Waals surface area contributed by atoms with Gasteiger partial charge in [0.25, 0.3) is 0 Å². The van der Waals surface area contributed by atoms with Crippen molar-refractivity contribution in [1.82, 2.24) is 0 Å². The molecular formula is C17H28Cl2NO2+. The van der Waals surface area contributed by atoms with Crippen LogP contribution in [0, 0.1) is 5.92 Å². The molecule has 1 aromatic carbocycles. The van der Waals surface area contributed by atoms with Gasteiger partial charge in [-0.05, 0) is 37.8 Å². The van der Waals surface area contributed by atoms with E-state index in [0.29, 0.717) is 28.4 Å². The van der Waals surface area contributed by atoms with Crippen LogP contribution in [0.3, 0.4) is 0 Å². The fourth-order valence-corrected chi connectivity index (χ4v) is 2.53. The summed E-state index contributed by atoms with van der Waals surface area (Å²) < 4.78 is 5.54. The van der Waals surface area contributed by atoms with Gasteiger partial charge in [-0.1, -0.05) is 43.5 Å². The average molecular weight is 349 g/mol. The second-order valence-corrected chi connectivity index (χ2v) is 7.16. The minimum absolute atomic E-state index is 0.218. The summed E-state index contributed by atoms with van der Waals surface area (Å²) in [6.07, 6.45) is 3.14. The molecule has 3 N–H and O–H groups in total. The highest BCUT2D eigenvalue weighted by Gasteiger charge is 2.12. The summed E-state index contributed by atoms with van der Waals surface area (Å²) in [7, 11) is 0. The highest BCUT2D eigenvalue weighted by atomic mass is 35.5. The van der Waals surface area contributed by atoms with E-state index in [2.05, 4.69) is 26.1 Å². The van der Waals surface area contributed by atoms with E-state index in [1.807, 2.05) is 0 Å². The van der Waals surface area contributed by atoms with Gasteiger partial charge in [0.2, 0.25) is 0 Å². The van der Waals surface area contributed by atoms with Crippen LogP contribution in [0.1, 0.15) is 40.0 Å². The third-order valence-electron chi connectivity index (χ3n) is 3.58. The first-order valence-electron chi connectivity index (χ1n) is 7.97. The van der Waals surface area contributed by atoms with E-state index < -0.39 is 6.10 Å². The van der Waals surface area contributed by atoms with Crippen molar-refractivity contribution in [2.24, 2.45) is 5.92 Å². The Hall–Kier alpha value is -0.480. The molecule has 5 heteroatoms. The predicted octanol–water partition coefficient (Wildman–Crippen LogP) is 3.51. The van der Waals surface area contributed by atoms with Gasteiger partial charge in [0.1, 0.15) is 25.0 Å². The molecular weight excluding hydrogens is 321 g/mol. The highest BCUT2D eigenvalue weighted by molar-refractivity contribution is 6.34. The quantitative estimate of drug-likeness (QED) is 0.679. The molecule has 0 fully saturated rings. The van der Waals surface area contributed by atoms with Crippen molar-refractivity contribution in [3.8, 4) is 5.75 Å². The molecule has 0 saturated heterocycles. The van der Waals surface area contributed by atoms with Gasteiger partial charge in [-0.2, -0.15) is 0 Å². The molecule has 0 saturated carbocycles. The maximum absolute atomic E-state index is 10.0. The first-order chi connectivity index (χ1) is 10.4. The van der Waals surface area contributed by atoms with Crippen LogP contribution in [0.5, 0.6) is 5.75 Å². The largest absolute Gasteiger partial charge is 0.489 e.